The Hall–Kier alpha value is -0.990. The molecule has 1 rings (SSSR count). The highest BCUT2D eigenvalue weighted by atomic mass is 32.2. The molecule has 0 aromatic heterocycles. The summed E-state index contributed by atoms with van der Waals surface area (Å²) in [6.45, 7) is 8.14. The van der Waals surface area contributed by atoms with Crippen LogP contribution in [-0.4, -0.2) is 17.5 Å². The van der Waals surface area contributed by atoms with E-state index in [4.69, 9.17) is 0 Å². The second-order valence-electron chi connectivity index (χ2n) is 4.60. The molecule has 0 aliphatic rings. The number of benzene rings is 1. The molecule has 1 N–H and O–H groups in total. The maximum atomic E-state index is 10.2. The molecule has 1 aromatic carbocycles. The quantitative estimate of drug-likeness (QED) is 0.776. The molecule has 0 bridgehead atoms. The van der Waals surface area contributed by atoms with Gasteiger partial charge in [-0.3, -0.25) is 0 Å². The second-order valence-corrected chi connectivity index (χ2v) is 5.42. The van der Waals surface area contributed by atoms with Crippen LogP contribution < -0.4 is 0 Å². The zero-order valence-electron chi connectivity index (χ0n) is 11.4. The van der Waals surface area contributed by atoms with Crippen molar-refractivity contribution in [3.63, 3.8) is 0 Å². The second kappa shape index (κ2) is 7.45. The van der Waals surface area contributed by atoms with E-state index in [0.717, 1.165) is 23.3 Å². The summed E-state index contributed by atoms with van der Waals surface area (Å²) in [7, 11) is 0. The third-order valence-corrected chi connectivity index (χ3v) is 3.98. The first-order chi connectivity index (χ1) is 8.56. The first-order valence-electron chi connectivity index (χ1n) is 6.19. The molecule has 0 saturated carbocycles. The summed E-state index contributed by atoms with van der Waals surface area (Å²) in [6, 6.07) is 10.2. The number of aryl methyl sites for hydroxylation is 1. The Morgan fingerprint density at radius 3 is 2.39 bits per heavy atom. The van der Waals surface area contributed by atoms with E-state index in [9.17, 15) is 5.11 Å². The molecule has 1 nitrogen and oxygen atoms in total. The molecule has 0 saturated heterocycles. The van der Waals surface area contributed by atoms with E-state index in [1.165, 1.54) is 11.1 Å². The normalized spacial score (nSPS) is 12.0. The summed E-state index contributed by atoms with van der Waals surface area (Å²) in [5.41, 5.74) is 3.32. The van der Waals surface area contributed by atoms with Gasteiger partial charge in [-0.05, 0) is 44.1 Å². The van der Waals surface area contributed by atoms with Gasteiger partial charge in [0.2, 0.25) is 0 Å². The van der Waals surface area contributed by atoms with E-state index in [1.54, 1.807) is 11.8 Å². The average Bonchev–Trinajstić information content (AvgIpc) is 2.37. The molecule has 2 heteroatoms. The van der Waals surface area contributed by atoms with Crippen LogP contribution in [-0.2, 0) is 6.42 Å². The van der Waals surface area contributed by atoms with Crippen LogP contribution in [0.5, 0.6) is 0 Å². The van der Waals surface area contributed by atoms with Crippen molar-refractivity contribution in [1.29, 1.82) is 0 Å². The Morgan fingerprint density at radius 2 is 1.89 bits per heavy atom. The van der Waals surface area contributed by atoms with Gasteiger partial charge >= 0.3 is 0 Å². The SMILES string of the molecule is C=C(C(SC)=C(C)C)C(O)CCc1ccccc1. The van der Waals surface area contributed by atoms with Crippen molar-refractivity contribution in [1.82, 2.24) is 0 Å². The summed E-state index contributed by atoms with van der Waals surface area (Å²) in [5, 5.41) is 10.2. The minimum absolute atomic E-state index is 0.456. The Bertz CT molecular complexity index is 416. The molecule has 0 heterocycles. The third kappa shape index (κ3) is 4.35. The fourth-order valence-electron chi connectivity index (χ4n) is 1.93. The smallest absolute Gasteiger partial charge is 0.0798 e. The van der Waals surface area contributed by atoms with Crippen molar-refractivity contribution in [3.8, 4) is 0 Å². The molecule has 98 valence electrons. The number of aliphatic hydroxyl groups excluding tert-OH is 1. The Balaban J connectivity index is 2.58. The summed E-state index contributed by atoms with van der Waals surface area (Å²) in [5.74, 6) is 0. The molecular formula is C16H22OS. The van der Waals surface area contributed by atoms with Gasteiger partial charge in [-0.2, -0.15) is 0 Å². The van der Waals surface area contributed by atoms with E-state index in [2.05, 4.69) is 32.6 Å². The number of aliphatic hydroxyl groups is 1. The highest BCUT2D eigenvalue weighted by molar-refractivity contribution is 8.02. The van der Waals surface area contributed by atoms with Crippen LogP contribution in [0.2, 0.25) is 0 Å². The van der Waals surface area contributed by atoms with Crippen LogP contribution in [0.1, 0.15) is 25.8 Å². The van der Waals surface area contributed by atoms with Crippen LogP contribution in [0.3, 0.4) is 0 Å². The lowest BCUT2D eigenvalue weighted by Gasteiger charge is -2.17. The van der Waals surface area contributed by atoms with Crippen molar-refractivity contribution in [2.24, 2.45) is 0 Å². The minimum atomic E-state index is -0.456. The van der Waals surface area contributed by atoms with Gasteiger partial charge in [-0.1, -0.05) is 42.5 Å². The number of rotatable bonds is 6. The highest BCUT2D eigenvalue weighted by Gasteiger charge is 2.13. The fraction of sp³-hybridized carbons (Fsp3) is 0.375. The van der Waals surface area contributed by atoms with Crippen LogP contribution in [0.4, 0.5) is 0 Å². The molecular weight excluding hydrogens is 240 g/mol. The van der Waals surface area contributed by atoms with Crippen LogP contribution in [0.25, 0.3) is 0 Å². The maximum Gasteiger partial charge on any atom is 0.0798 e. The maximum absolute atomic E-state index is 10.2. The third-order valence-electron chi connectivity index (χ3n) is 2.90. The zero-order valence-corrected chi connectivity index (χ0v) is 12.3. The van der Waals surface area contributed by atoms with E-state index < -0.39 is 6.10 Å². The number of allylic oxidation sites excluding steroid dienone is 1. The Labute approximate surface area is 115 Å². The average molecular weight is 262 g/mol. The molecule has 0 radical (unpaired) electrons. The lowest BCUT2D eigenvalue weighted by Crippen LogP contribution is -2.12. The van der Waals surface area contributed by atoms with Crippen LogP contribution in [0, 0.1) is 0 Å². The Kier molecular flexibility index (Phi) is 6.23. The number of thioether (sulfide) groups is 1. The molecule has 1 aromatic rings. The van der Waals surface area contributed by atoms with E-state index in [0.29, 0.717) is 0 Å². The van der Waals surface area contributed by atoms with Crippen molar-refractivity contribution < 1.29 is 5.11 Å². The van der Waals surface area contributed by atoms with Crippen molar-refractivity contribution in [2.45, 2.75) is 32.8 Å². The summed E-state index contributed by atoms with van der Waals surface area (Å²) in [6.07, 6.45) is 3.17. The van der Waals surface area contributed by atoms with Crippen LogP contribution in [0.15, 0.2) is 53.0 Å². The molecule has 0 spiro atoms. The molecule has 1 unspecified atom stereocenters. The molecule has 0 amide bonds. The van der Waals surface area contributed by atoms with Gasteiger partial charge in [0.05, 0.1) is 6.10 Å². The predicted molar refractivity (Wildman–Crippen MR) is 81.8 cm³/mol. The first kappa shape index (κ1) is 15.1. The molecule has 1 atom stereocenters. The van der Waals surface area contributed by atoms with Crippen LogP contribution >= 0.6 is 11.8 Å². The summed E-state index contributed by atoms with van der Waals surface area (Å²) < 4.78 is 0. The van der Waals surface area contributed by atoms with Gasteiger partial charge in [-0.15, -0.1) is 11.8 Å². The summed E-state index contributed by atoms with van der Waals surface area (Å²) >= 11 is 1.66. The topological polar surface area (TPSA) is 20.2 Å². The largest absolute Gasteiger partial charge is 0.388 e. The van der Waals surface area contributed by atoms with Gasteiger partial charge in [0.1, 0.15) is 0 Å². The van der Waals surface area contributed by atoms with E-state index in [-0.39, 0.29) is 0 Å². The first-order valence-corrected chi connectivity index (χ1v) is 7.41. The van der Waals surface area contributed by atoms with E-state index >= 15 is 0 Å². The van der Waals surface area contributed by atoms with Gasteiger partial charge in [0, 0.05) is 4.91 Å². The molecule has 0 aliphatic carbocycles. The minimum Gasteiger partial charge on any atom is -0.388 e. The van der Waals surface area contributed by atoms with Gasteiger partial charge in [0.25, 0.3) is 0 Å². The molecule has 0 fully saturated rings. The molecule has 18 heavy (non-hydrogen) atoms. The van der Waals surface area contributed by atoms with Gasteiger partial charge in [0.15, 0.2) is 0 Å². The van der Waals surface area contributed by atoms with Gasteiger partial charge in [-0.25, -0.2) is 0 Å². The van der Waals surface area contributed by atoms with Crippen molar-refractivity contribution in [3.05, 3.63) is 58.5 Å². The number of hydrogen-bond acceptors (Lipinski definition) is 2. The predicted octanol–water partition coefficient (Wildman–Crippen LogP) is 4.19. The lowest BCUT2D eigenvalue weighted by atomic mass is 10.0. The highest BCUT2D eigenvalue weighted by Crippen LogP contribution is 2.27. The standard InChI is InChI=1S/C16H22OS/c1-12(2)16(18-4)13(3)15(17)11-10-14-8-6-5-7-9-14/h5-9,15,17H,3,10-11H2,1-2,4H3. The Morgan fingerprint density at radius 1 is 1.28 bits per heavy atom. The fourth-order valence-corrected chi connectivity index (χ4v) is 2.74. The van der Waals surface area contributed by atoms with Gasteiger partial charge < -0.3 is 5.11 Å². The van der Waals surface area contributed by atoms with E-state index in [1.807, 2.05) is 24.5 Å². The number of hydrogen-bond donors (Lipinski definition) is 1. The monoisotopic (exact) mass is 262 g/mol. The van der Waals surface area contributed by atoms with Crippen molar-refractivity contribution in [2.75, 3.05) is 6.26 Å². The zero-order chi connectivity index (χ0) is 13.5. The van der Waals surface area contributed by atoms with Crippen molar-refractivity contribution >= 4 is 11.8 Å². The lowest BCUT2D eigenvalue weighted by molar-refractivity contribution is 0.204. The summed E-state index contributed by atoms with van der Waals surface area (Å²) in [4.78, 5) is 1.12. The molecule has 0 aliphatic heterocycles.